The second-order valence-electron chi connectivity index (χ2n) is 3.58. The number of aldehydes is 1. The molecular formula is C14H14O2S. The van der Waals surface area contributed by atoms with Gasteiger partial charge in [0.05, 0.1) is 0 Å². The van der Waals surface area contributed by atoms with Crippen molar-refractivity contribution < 1.29 is 9.59 Å². The van der Waals surface area contributed by atoms with Crippen molar-refractivity contribution in [3.63, 3.8) is 0 Å². The van der Waals surface area contributed by atoms with Gasteiger partial charge < -0.3 is 0 Å². The lowest BCUT2D eigenvalue weighted by atomic mass is 10.1. The van der Waals surface area contributed by atoms with Crippen LogP contribution in [0.3, 0.4) is 0 Å². The number of hydrogen-bond acceptors (Lipinski definition) is 3. The van der Waals surface area contributed by atoms with Gasteiger partial charge in [0.2, 0.25) is 0 Å². The number of rotatable bonds is 3. The highest BCUT2D eigenvalue weighted by Crippen LogP contribution is 2.09. The summed E-state index contributed by atoms with van der Waals surface area (Å²) in [4.78, 5) is 21.3. The first-order valence-electron chi connectivity index (χ1n) is 5.31. The summed E-state index contributed by atoms with van der Waals surface area (Å²) >= 11 is 1.28. The molecule has 88 valence electrons. The molecule has 1 aromatic carbocycles. The highest BCUT2D eigenvalue weighted by molar-refractivity contribution is 8.13. The molecule has 3 heteroatoms. The number of carbonyl (C=O) groups excluding carboxylic acids is 2. The fourth-order valence-corrected chi connectivity index (χ4v) is 1.74. The lowest BCUT2D eigenvalue weighted by molar-refractivity contribution is -0.109. The highest BCUT2D eigenvalue weighted by atomic mass is 32.2. The monoisotopic (exact) mass is 246 g/mol. The van der Waals surface area contributed by atoms with Crippen molar-refractivity contribution in [2.75, 3.05) is 5.75 Å². The van der Waals surface area contributed by atoms with E-state index in [1.165, 1.54) is 11.8 Å². The van der Waals surface area contributed by atoms with Crippen molar-refractivity contribution >= 4 is 23.2 Å². The molecule has 2 nitrogen and oxygen atoms in total. The van der Waals surface area contributed by atoms with E-state index in [9.17, 15) is 9.59 Å². The van der Waals surface area contributed by atoms with Crippen LogP contribution in [-0.4, -0.2) is 17.2 Å². The van der Waals surface area contributed by atoms with E-state index in [1.54, 1.807) is 19.1 Å². The van der Waals surface area contributed by atoms with Crippen LogP contribution >= 0.6 is 11.8 Å². The summed E-state index contributed by atoms with van der Waals surface area (Å²) in [5, 5.41) is 0.117. The van der Waals surface area contributed by atoms with E-state index in [1.807, 2.05) is 13.0 Å². The molecule has 0 aliphatic carbocycles. The van der Waals surface area contributed by atoms with Crippen LogP contribution in [-0.2, 0) is 4.79 Å². The predicted octanol–water partition coefficient (Wildman–Crippen LogP) is 2.83. The molecule has 0 heterocycles. The van der Waals surface area contributed by atoms with Crippen molar-refractivity contribution in [2.45, 2.75) is 20.3 Å². The Hall–Kier alpha value is -1.53. The van der Waals surface area contributed by atoms with Gasteiger partial charge >= 0.3 is 0 Å². The standard InChI is InChI=1S/C14H14O2S/c1-11-6-7-13(10-15)9-14(11)5-3-4-8-17-12(2)16/h6-7,9-10H,4,8H2,1-2H3. The van der Waals surface area contributed by atoms with E-state index < -0.39 is 0 Å². The Labute approximate surface area is 106 Å². The molecule has 0 saturated carbocycles. The Bertz CT molecular complexity index is 481. The second-order valence-corrected chi connectivity index (χ2v) is 4.86. The summed E-state index contributed by atoms with van der Waals surface area (Å²) in [6.45, 7) is 3.51. The molecular weight excluding hydrogens is 232 g/mol. The average molecular weight is 246 g/mol. The largest absolute Gasteiger partial charge is 0.298 e. The molecule has 0 aliphatic rings. The zero-order valence-electron chi connectivity index (χ0n) is 9.95. The lowest BCUT2D eigenvalue weighted by Crippen LogP contribution is -1.87. The third kappa shape index (κ3) is 4.88. The lowest BCUT2D eigenvalue weighted by Gasteiger charge is -1.98. The van der Waals surface area contributed by atoms with Gasteiger partial charge in [0, 0.05) is 30.2 Å². The topological polar surface area (TPSA) is 34.1 Å². The van der Waals surface area contributed by atoms with Crippen molar-refractivity contribution in [1.82, 2.24) is 0 Å². The minimum absolute atomic E-state index is 0.117. The predicted molar refractivity (Wildman–Crippen MR) is 71.2 cm³/mol. The van der Waals surface area contributed by atoms with E-state index in [0.717, 1.165) is 23.2 Å². The molecule has 0 radical (unpaired) electrons. The summed E-state index contributed by atoms with van der Waals surface area (Å²) in [5.41, 5.74) is 2.57. The maximum Gasteiger partial charge on any atom is 0.185 e. The fourth-order valence-electron chi connectivity index (χ4n) is 1.25. The van der Waals surface area contributed by atoms with Crippen LogP contribution in [0, 0.1) is 18.8 Å². The first-order chi connectivity index (χ1) is 8.13. The summed E-state index contributed by atoms with van der Waals surface area (Å²) in [7, 11) is 0. The molecule has 0 atom stereocenters. The van der Waals surface area contributed by atoms with Gasteiger partial charge in [-0.2, -0.15) is 0 Å². The third-order valence-corrected chi connectivity index (χ3v) is 2.97. The molecule has 17 heavy (non-hydrogen) atoms. The molecule has 1 rings (SSSR count). The summed E-state index contributed by atoms with van der Waals surface area (Å²) in [6, 6.07) is 5.45. The molecule has 1 aromatic rings. The summed E-state index contributed by atoms with van der Waals surface area (Å²) in [5.74, 6) is 6.76. The smallest absolute Gasteiger partial charge is 0.185 e. The maximum atomic E-state index is 10.7. The summed E-state index contributed by atoms with van der Waals surface area (Å²) < 4.78 is 0. The highest BCUT2D eigenvalue weighted by Gasteiger charge is 1.96. The van der Waals surface area contributed by atoms with E-state index >= 15 is 0 Å². The minimum atomic E-state index is 0.117. The zero-order chi connectivity index (χ0) is 12.7. The van der Waals surface area contributed by atoms with Crippen molar-refractivity contribution in [3.8, 4) is 11.8 Å². The van der Waals surface area contributed by atoms with Gasteiger partial charge in [0.25, 0.3) is 0 Å². The zero-order valence-corrected chi connectivity index (χ0v) is 10.8. The van der Waals surface area contributed by atoms with E-state index in [2.05, 4.69) is 11.8 Å². The molecule has 0 aromatic heterocycles. The van der Waals surface area contributed by atoms with Gasteiger partial charge in [-0.25, -0.2) is 0 Å². The van der Waals surface area contributed by atoms with Gasteiger partial charge in [0.1, 0.15) is 6.29 Å². The molecule has 0 bridgehead atoms. The van der Waals surface area contributed by atoms with Crippen LogP contribution < -0.4 is 0 Å². The van der Waals surface area contributed by atoms with Gasteiger partial charge in [-0.05, 0) is 18.6 Å². The molecule has 0 fully saturated rings. The van der Waals surface area contributed by atoms with Crippen molar-refractivity contribution in [2.24, 2.45) is 0 Å². The van der Waals surface area contributed by atoms with Crippen LogP contribution in [0.15, 0.2) is 18.2 Å². The Kier molecular flexibility index (Phi) is 5.51. The molecule has 0 saturated heterocycles. The van der Waals surface area contributed by atoms with Gasteiger partial charge in [0.15, 0.2) is 5.12 Å². The number of hydrogen-bond donors (Lipinski definition) is 0. The van der Waals surface area contributed by atoms with E-state index in [0.29, 0.717) is 12.0 Å². The first kappa shape index (κ1) is 13.5. The second kappa shape index (κ2) is 6.93. The molecule has 0 N–H and O–H groups in total. The third-order valence-electron chi connectivity index (χ3n) is 2.15. The molecule has 0 spiro atoms. The van der Waals surface area contributed by atoms with Crippen LogP contribution in [0.5, 0.6) is 0 Å². The normalized spacial score (nSPS) is 9.29. The van der Waals surface area contributed by atoms with Crippen LogP contribution in [0.4, 0.5) is 0 Å². The minimum Gasteiger partial charge on any atom is -0.298 e. The number of benzene rings is 1. The van der Waals surface area contributed by atoms with Gasteiger partial charge in [-0.3, -0.25) is 9.59 Å². The SMILES string of the molecule is CC(=O)SCCC#Cc1cc(C=O)ccc1C. The Balaban J connectivity index is 2.64. The Morgan fingerprint density at radius 2 is 2.24 bits per heavy atom. The van der Waals surface area contributed by atoms with E-state index in [-0.39, 0.29) is 5.12 Å². The van der Waals surface area contributed by atoms with Gasteiger partial charge in [-0.1, -0.05) is 35.7 Å². The van der Waals surface area contributed by atoms with Crippen molar-refractivity contribution in [3.05, 3.63) is 34.9 Å². The number of carbonyl (C=O) groups is 2. The van der Waals surface area contributed by atoms with Crippen LogP contribution in [0.1, 0.15) is 34.8 Å². The Morgan fingerprint density at radius 3 is 2.88 bits per heavy atom. The first-order valence-corrected chi connectivity index (χ1v) is 6.30. The Morgan fingerprint density at radius 1 is 1.47 bits per heavy atom. The number of thioether (sulfide) groups is 1. The van der Waals surface area contributed by atoms with Gasteiger partial charge in [-0.15, -0.1) is 0 Å². The molecule has 0 aliphatic heterocycles. The molecule has 0 unspecified atom stereocenters. The van der Waals surface area contributed by atoms with Crippen LogP contribution in [0.2, 0.25) is 0 Å². The maximum absolute atomic E-state index is 10.7. The average Bonchev–Trinajstić information content (AvgIpc) is 2.30. The van der Waals surface area contributed by atoms with Crippen LogP contribution in [0.25, 0.3) is 0 Å². The number of aryl methyl sites for hydroxylation is 1. The fraction of sp³-hybridized carbons (Fsp3) is 0.286. The summed E-state index contributed by atoms with van der Waals surface area (Å²) in [6.07, 6.45) is 1.49. The van der Waals surface area contributed by atoms with Crippen molar-refractivity contribution in [1.29, 1.82) is 0 Å². The quantitative estimate of drug-likeness (QED) is 0.467. The van der Waals surface area contributed by atoms with E-state index in [4.69, 9.17) is 0 Å². The molecule has 0 amide bonds.